The van der Waals surface area contributed by atoms with Crippen molar-refractivity contribution in [3.63, 3.8) is 0 Å². The summed E-state index contributed by atoms with van der Waals surface area (Å²) in [4.78, 5) is 14.8. The zero-order valence-corrected chi connectivity index (χ0v) is 16.9. The third-order valence-corrected chi connectivity index (χ3v) is 4.66. The van der Waals surface area contributed by atoms with Gasteiger partial charge in [0.05, 0.1) is 19.2 Å². The largest absolute Gasteiger partial charge is 0.497 e. The lowest BCUT2D eigenvalue weighted by Crippen LogP contribution is -2.31. The second-order valence-electron chi connectivity index (χ2n) is 7.16. The van der Waals surface area contributed by atoms with E-state index < -0.39 is 0 Å². The van der Waals surface area contributed by atoms with Crippen LogP contribution in [0.15, 0.2) is 24.3 Å². The monoisotopic (exact) mass is 357 g/mol. The highest BCUT2D eigenvalue weighted by atomic mass is 16.5. The van der Waals surface area contributed by atoms with Crippen LogP contribution in [-0.2, 0) is 24.3 Å². The number of methoxy groups -OCH3 is 1. The molecule has 2 aromatic rings. The zero-order valence-electron chi connectivity index (χ0n) is 16.9. The molecule has 0 aliphatic rings. The fourth-order valence-electron chi connectivity index (χ4n) is 3.10. The van der Waals surface area contributed by atoms with E-state index in [0.29, 0.717) is 25.4 Å². The van der Waals surface area contributed by atoms with Gasteiger partial charge in [-0.15, -0.1) is 0 Å². The normalized spacial score (nSPS) is 11.0. The second-order valence-corrected chi connectivity index (χ2v) is 7.16. The van der Waals surface area contributed by atoms with E-state index in [1.807, 2.05) is 47.7 Å². The molecule has 5 nitrogen and oxygen atoms in total. The number of benzene rings is 1. The van der Waals surface area contributed by atoms with E-state index in [2.05, 4.69) is 25.9 Å². The van der Waals surface area contributed by atoms with E-state index in [-0.39, 0.29) is 5.91 Å². The highest BCUT2D eigenvalue weighted by molar-refractivity contribution is 5.79. The predicted octanol–water partition coefficient (Wildman–Crippen LogP) is 3.76. The van der Waals surface area contributed by atoms with E-state index in [0.717, 1.165) is 34.8 Å². The molecular weight excluding hydrogens is 326 g/mol. The Morgan fingerprint density at radius 2 is 1.88 bits per heavy atom. The number of carbonyl (C=O) groups excluding carboxylic acids is 1. The van der Waals surface area contributed by atoms with Crippen LogP contribution in [0.3, 0.4) is 0 Å². The van der Waals surface area contributed by atoms with Crippen LogP contribution in [0.2, 0.25) is 0 Å². The van der Waals surface area contributed by atoms with Crippen LogP contribution < -0.4 is 4.74 Å². The molecule has 142 valence electrons. The van der Waals surface area contributed by atoms with Crippen molar-refractivity contribution in [1.29, 1.82) is 0 Å². The lowest BCUT2D eigenvalue weighted by Gasteiger charge is -2.21. The summed E-state index contributed by atoms with van der Waals surface area (Å²) >= 11 is 0. The zero-order chi connectivity index (χ0) is 19.3. The van der Waals surface area contributed by atoms with Crippen LogP contribution in [-0.4, -0.2) is 34.2 Å². The van der Waals surface area contributed by atoms with Crippen molar-refractivity contribution < 1.29 is 9.53 Å². The maximum absolute atomic E-state index is 12.9. The van der Waals surface area contributed by atoms with Crippen molar-refractivity contribution in [2.45, 2.75) is 54.1 Å². The summed E-state index contributed by atoms with van der Waals surface area (Å²) in [5.41, 5.74) is 4.22. The van der Waals surface area contributed by atoms with Gasteiger partial charge in [-0.2, -0.15) is 5.10 Å². The van der Waals surface area contributed by atoms with Crippen LogP contribution in [0.1, 0.15) is 43.3 Å². The number of ether oxygens (including phenoxy) is 1. The predicted molar refractivity (Wildman–Crippen MR) is 104 cm³/mol. The molecule has 0 aliphatic carbocycles. The molecule has 0 saturated heterocycles. The van der Waals surface area contributed by atoms with Gasteiger partial charge in [0.1, 0.15) is 5.75 Å². The number of likely N-dealkylation sites (N-methyl/N-ethyl adjacent to an activating group) is 1. The van der Waals surface area contributed by atoms with Gasteiger partial charge in [0.15, 0.2) is 0 Å². The molecule has 0 saturated carbocycles. The minimum Gasteiger partial charge on any atom is -0.497 e. The molecule has 2 rings (SSSR count). The number of aryl methyl sites for hydroxylation is 1. The number of carbonyl (C=O) groups is 1. The van der Waals surface area contributed by atoms with Crippen molar-refractivity contribution in [1.82, 2.24) is 14.7 Å². The number of hydrogen-bond donors (Lipinski definition) is 0. The first-order valence-corrected chi connectivity index (χ1v) is 9.29. The van der Waals surface area contributed by atoms with Crippen molar-refractivity contribution >= 4 is 5.91 Å². The molecule has 1 heterocycles. The number of hydrogen-bond acceptors (Lipinski definition) is 3. The number of nitrogens with zero attached hydrogens (tertiary/aromatic N) is 3. The summed E-state index contributed by atoms with van der Waals surface area (Å²) < 4.78 is 7.22. The van der Waals surface area contributed by atoms with E-state index in [4.69, 9.17) is 4.74 Å². The molecule has 0 fully saturated rings. The van der Waals surface area contributed by atoms with Gasteiger partial charge in [-0.3, -0.25) is 9.48 Å². The molecular formula is C21H31N3O2. The molecule has 5 heteroatoms. The lowest BCUT2D eigenvalue weighted by molar-refractivity contribution is -0.130. The summed E-state index contributed by atoms with van der Waals surface area (Å²) in [6, 6.07) is 7.87. The van der Waals surface area contributed by atoms with E-state index in [1.165, 1.54) is 0 Å². The Labute approximate surface area is 157 Å². The minimum atomic E-state index is 0.138. The second kappa shape index (κ2) is 8.88. The van der Waals surface area contributed by atoms with Gasteiger partial charge in [-0.1, -0.05) is 26.0 Å². The first kappa shape index (κ1) is 20.0. The molecule has 1 aromatic carbocycles. The third kappa shape index (κ3) is 4.87. The molecule has 0 spiro atoms. The fraction of sp³-hybridized carbons (Fsp3) is 0.524. The molecule has 0 N–H and O–H groups in total. The molecule has 0 radical (unpaired) electrons. The van der Waals surface area contributed by atoms with Gasteiger partial charge in [0.25, 0.3) is 0 Å². The summed E-state index contributed by atoms with van der Waals surface area (Å²) in [6.45, 7) is 12.6. The van der Waals surface area contributed by atoms with Gasteiger partial charge in [0, 0.05) is 30.9 Å². The summed E-state index contributed by atoms with van der Waals surface area (Å²) in [5.74, 6) is 1.49. The Bertz CT molecular complexity index is 732. The molecule has 26 heavy (non-hydrogen) atoms. The van der Waals surface area contributed by atoms with E-state index in [9.17, 15) is 4.79 Å². The van der Waals surface area contributed by atoms with E-state index >= 15 is 0 Å². The van der Waals surface area contributed by atoms with Crippen LogP contribution in [0.25, 0.3) is 0 Å². The molecule has 0 bridgehead atoms. The number of rotatable bonds is 8. The minimum absolute atomic E-state index is 0.138. The lowest BCUT2D eigenvalue weighted by atomic mass is 10.1. The van der Waals surface area contributed by atoms with E-state index in [1.54, 1.807) is 7.11 Å². The number of amides is 1. The molecule has 0 unspecified atom stereocenters. The highest BCUT2D eigenvalue weighted by Gasteiger charge is 2.19. The van der Waals surface area contributed by atoms with Crippen molar-refractivity contribution in [3.8, 4) is 5.75 Å². The van der Waals surface area contributed by atoms with Crippen LogP contribution in [0, 0.1) is 19.8 Å². The SMILES string of the molecule is CCN(Cc1ccc(OC)cc1)C(=O)Cc1c(C)nn(CC(C)C)c1C. The fourth-order valence-corrected chi connectivity index (χ4v) is 3.10. The summed E-state index contributed by atoms with van der Waals surface area (Å²) in [6.07, 6.45) is 0.403. The van der Waals surface area contributed by atoms with Gasteiger partial charge in [-0.25, -0.2) is 0 Å². The number of aromatic nitrogens is 2. The summed E-state index contributed by atoms with van der Waals surface area (Å²) in [5, 5.41) is 4.62. The van der Waals surface area contributed by atoms with Crippen molar-refractivity contribution in [2.75, 3.05) is 13.7 Å². The quantitative estimate of drug-likeness (QED) is 0.723. The highest BCUT2D eigenvalue weighted by Crippen LogP contribution is 2.18. The molecule has 0 aliphatic heterocycles. The van der Waals surface area contributed by atoms with Gasteiger partial charge < -0.3 is 9.64 Å². The Morgan fingerprint density at radius 1 is 1.23 bits per heavy atom. The average Bonchev–Trinajstić information content (AvgIpc) is 2.86. The topological polar surface area (TPSA) is 47.4 Å². The van der Waals surface area contributed by atoms with Gasteiger partial charge in [-0.05, 0) is 44.4 Å². The van der Waals surface area contributed by atoms with Crippen LogP contribution >= 0.6 is 0 Å². The first-order chi connectivity index (χ1) is 12.3. The van der Waals surface area contributed by atoms with Crippen LogP contribution in [0.5, 0.6) is 5.75 Å². The maximum atomic E-state index is 12.9. The molecule has 0 atom stereocenters. The smallest absolute Gasteiger partial charge is 0.227 e. The first-order valence-electron chi connectivity index (χ1n) is 9.29. The van der Waals surface area contributed by atoms with Crippen LogP contribution in [0.4, 0.5) is 0 Å². The Hall–Kier alpha value is -2.30. The Morgan fingerprint density at radius 3 is 2.42 bits per heavy atom. The molecule has 1 amide bonds. The average molecular weight is 357 g/mol. The summed E-state index contributed by atoms with van der Waals surface area (Å²) in [7, 11) is 1.65. The third-order valence-electron chi connectivity index (χ3n) is 4.66. The standard InChI is InChI=1S/C21H31N3O2/c1-7-23(14-18-8-10-19(26-6)11-9-18)21(25)12-20-16(4)22-24(17(20)5)13-15(2)3/h8-11,15H,7,12-14H2,1-6H3. The van der Waals surface area contributed by atoms with Crippen molar-refractivity contribution in [2.24, 2.45) is 5.92 Å². The van der Waals surface area contributed by atoms with Gasteiger partial charge in [0.2, 0.25) is 5.91 Å². The Kier molecular flexibility index (Phi) is 6.83. The van der Waals surface area contributed by atoms with Gasteiger partial charge >= 0.3 is 0 Å². The maximum Gasteiger partial charge on any atom is 0.227 e. The van der Waals surface area contributed by atoms with Crippen molar-refractivity contribution in [3.05, 3.63) is 46.8 Å². The Balaban J connectivity index is 2.10. The molecule has 1 aromatic heterocycles.